The fraction of sp³-hybridized carbons (Fsp3) is 0.0588. The Kier molecular flexibility index (Phi) is 4.85. The van der Waals surface area contributed by atoms with Crippen molar-refractivity contribution in [3.63, 3.8) is 0 Å². The summed E-state index contributed by atoms with van der Waals surface area (Å²) in [6.45, 7) is 0.0271. The second-order valence-corrected chi connectivity index (χ2v) is 4.34. The number of hydrogen-bond donors (Lipinski definition) is 0. The van der Waals surface area contributed by atoms with E-state index < -0.39 is 11.6 Å². The molecule has 0 N–H and O–H groups in total. The minimum absolute atomic E-state index is 0.0271. The molecule has 0 spiro atoms. The third-order valence-electron chi connectivity index (χ3n) is 2.87. The van der Waals surface area contributed by atoms with Crippen LogP contribution in [0.4, 0.5) is 8.78 Å². The molecular weight excluding hydrogens is 286 g/mol. The predicted molar refractivity (Wildman–Crippen MR) is 76.3 cm³/mol. The SMILES string of the molecule is N#CC(C#N)=Cc1ccccc1COc1ccc(F)cc1F. The van der Waals surface area contributed by atoms with Crippen LogP contribution in [0.2, 0.25) is 0 Å². The average molecular weight is 296 g/mol. The lowest BCUT2D eigenvalue weighted by molar-refractivity contribution is 0.289. The Balaban J connectivity index is 2.22. The van der Waals surface area contributed by atoms with E-state index in [1.165, 1.54) is 12.1 Å². The van der Waals surface area contributed by atoms with Crippen molar-refractivity contribution in [1.82, 2.24) is 0 Å². The number of halogens is 2. The number of benzene rings is 2. The van der Waals surface area contributed by atoms with Gasteiger partial charge in [-0.25, -0.2) is 8.78 Å². The molecule has 0 amide bonds. The molecule has 0 aliphatic heterocycles. The zero-order valence-corrected chi connectivity index (χ0v) is 11.4. The predicted octanol–water partition coefficient (Wildman–Crippen LogP) is 3.97. The molecule has 0 aliphatic carbocycles. The van der Waals surface area contributed by atoms with Gasteiger partial charge in [-0.1, -0.05) is 24.3 Å². The Hall–Kier alpha value is -3.18. The standard InChI is InChI=1S/C17H10F2N2O/c18-15-5-6-17(16(19)8-15)22-11-14-4-2-1-3-13(14)7-12(9-20)10-21/h1-8H,11H2. The molecule has 0 unspecified atom stereocenters. The maximum atomic E-state index is 13.5. The van der Waals surface area contributed by atoms with Gasteiger partial charge >= 0.3 is 0 Å². The van der Waals surface area contributed by atoms with Crippen molar-refractivity contribution in [2.75, 3.05) is 0 Å². The first-order chi connectivity index (χ1) is 10.6. The van der Waals surface area contributed by atoms with Gasteiger partial charge in [0.1, 0.15) is 30.1 Å². The molecule has 0 heterocycles. The summed E-state index contributed by atoms with van der Waals surface area (Å²) in [5, 5.41) is 17.6. The number of nitriles is 2. The van der Waals surface area contributed by atoms with Gasteiger partial charge in [-0.15, -0.1) is 0 Å². The van der Waals surface area contributed by atoms with Gasteiger partial charge in [0.05, 0.1) is 0 Å². The lowest BCUT2D eigenvalue weighted by Gasteiger charge is -2.09. The van der Waals surface area contributed by atoms with Crippen molar-refractivity contribution < 1.29 is 13.5 Å². The first-order valence-corrected chi connectivity index (χ1v) is 6.31. The van der Waals surface area contributed by atoms with Crippen LogP contribution in [-0.4, -0.2) is 0 Å². The van der Waals surface area contributed by atoms with Crippen molar-refractivity contribution >= 4 is 6.08 Å². The number of nitrogens with zero attached hydrogens (tertiary/aromatic N) is 2. The van der Waals surface area contributed by atoms with Gasteiger partial charge in [-0.3, -0.25) is 0 Å². The third kappa shape index (κ3) is 3.68. The fourth-order valence-electron chi connectivity index (χ4n) is 1.80. The Bertz CT molecular complexity index is 785. The van der Waals surface area contributed by atoms with E-state index in [0.717, 1.165) is 12.1 Å². The molecule has 0 bridgehead atoms. The quantitative estimate of drug-likeness (QED) is 0.802. The van der Waals surface area contributed by atoms with E-state index in [2.05, 4.69) is 0 Å². The van der Waals surface area contributed by atoms with E-state index in [1.807, 2.05) is 0 Å². The summed E-state index contributed by atoms with van der Waals surface area (Å²) in [6.07, 6.45) is 1.43. The van der Waals surface area contributed by atoms with Crippen molar-refractivity contribution in [1.29, 1.82) is 10.5 Å². The van der Waals surface area contributed by atoms with Crippen LogP contribution in [0.3, 0.4) is 0 Å². The molecule has 22 heavy (non-hydrogen) atoms. The summed E-state index contributed by atoms with van der Waals surface area (Å²) in [7, 11) is 0. The van der Waals surface area contributed by atoms with Crippen LogP contribution in [0.5, 0.6) is 5.75 Å². The molecule has 2 aromatic rings. The highest BCUT2D eigenvalue weighted by Gasteiger charge is 2.07. The largest absolute Gasteiger partial charge is 0.486 e. The molecule has 3 nitrogen and oxygen atoms in total. The van der Waals surface area contributed by atoms with Crippen LogP contribution in [0.25, 0.3) is 6.08 Å². The smallest absolute Gasteiger partial charge is 0.167 e. The second-order valence-electron chi connectivity index (χ2n) is 4.34. The maximum Gasteiger partial charge on any atom is 0.167 e. The van der Waals surface area contributed by atoms with Crippen LogP contribution in [0.15, 0.2) is 48.0 Å². The van der Waals surface area contributed by atoms with Gasteiger partial charge in [0.25, 0.3) is 0 Å². The molecule has 0 radical (unpaired) electrons. The molecule has 2 aromatic carbocycles. The lowest BCUT2D eigenvalue weighted by Crippen LogP contribution is -2.00. The molecule has 0 aliphatic rings. The van der Waals surface area contributed by atoms with Crippen LogP contribution in [0.1, 0.15) is 11.1 Å². The van der Waals surface area contributed by atoms with Gasteiger partial charge < -0.3 is 4.74 Å². The normalized spacial score (nSPS) is 9.45. The van der Waals surface area contributed by atoms with Gasteiger partial charge in [-0.2, -0.15) is 10.5 Å². The van der Waals surface area contributed by atoms with Crippen molar-refractivity contribution in [2.24, 2.45) is 0 Å². The Morgan fingerprint density at radius 2 is 1.82 bits per heavy atom. The van der Waals surface area contributed by atoms with Crippen LogP contribution >= 0.6 is 0 Å². The topological polar surface area (TPSA) is 56.8 Å². The van der Waals surface area contributed by atoms with E-state index in [0.29, 0.717) is 11.1 Å². The number of rotatable bonds is 4. The summed E-state index contributed by atoms with van der Waals surface area (Å²) < 4.78 is 31.7. The second kappa shape index (κ2) is 7.01. The highest BCUT2D eigenvalue weighted by molar-refractivity contribution is 5.64. The number of ether oxygens (including phenoxy) is 1. The van der Waals surface area contributed by atoms with Crippen LogP contribution < -0.4 is 4.74 Å². The Morgan fingerprint density at radius 1 is 1.09 bits per heavy atom. The molecule has 108 valence electrons. The molecule has 0 aromatic heterocycles. The van der Waals surface area contributed by atoms with Gasteiger partial charge in [0.2, 0.25) is 0 Å². The first kappa shape index (κ1) is 15.2. The van der Waals surface area contributed by atoms with E-state index in [-0.39, 0.29) is 17.9 Å². The zero-order valence-electron chi connectivity index (χ0n) is 11.4. The minimum Gasteiger partial charge on any atom is -0.486 e. The van der Waals surface area contributed by atoms with Crippen LogP contribution in [-0.2, 0) is 6.61 Å². The molecule has 0 saturated carbocycles. The first-order valence-electron chi connectivity index (χ1n) is 6.31. The van der Waals surface area contributed by atoms with E-state index >= 15 is 0 Å². The van der Waals surface area contributed by atoms with E-state index in [9.17, 15) is 8.78 Å². The molecule has 0 fully saturated rings. The zero-order chi connectivity index (χ0) is 15.9. The van der Waals surface area contributed by atoms with E-state index in [1.54, 1.807) is 36.4 Å². The molecule has 0 saturated heterocycles. The molecule has 2 rings (SSSR count). The van der Waals surface area contributed by atoms with E-state index in [4.69, 9.17) is 15.3 Å². The monoisotopic (exact) mass is 296 g/mol. The van der Waals surface area contributed by atoms with Crippen molar-refractivity contribution in [3.05, 3.63) is 70.8 Å². The molecule has 0 atom stereocenters. The summed E-state index contributed by atoms with van der Waals surface area (Å²) >= 11 is 0. The summed E-state index contributed by atoms with van der Waals surface area (Å²) in [5.74, 6) is -1.54. The number of allylic oxidation sites excluding steroid dienone is 1. The summed E-state index contributed by atoms with van der Waals surface area (Å²) in [6, 6.07) is 13.6. The highest BCUT2D eigenvalue weighted by Crippen LogP contribution is 2.20. The van der Waals surface area contributed by atoms with Crippen LogP contribution in [0, 0.1) is 34.3 Å². The van der Waals surface area contributed by atoms with Crippen molar-refractivity contribution in [2.45, 2.75) is 6.61 Å². The van der Waals surface area contributed by atoms with Gasteiger partial charge in [-0.05, 0) is 29.3 Å². The Labute approximate surface area is 126 Å². The maximum absolute atomic E-state index is 13.5. The minimum atomic E-state index is -0.789. The lowest BCUT2D eigenvalue weighted by atomic mass is 10.1. The fourth-order valence-corrected chi connectivity index (χ4v) is 1.80. The third-order valence-corrected chi connectivity index (χ3v) is 2.87. The Morgan fingerprint density at radius 3 is 2.50 bits per heavy atom. The summed E-state index contributed by atoms with van der Waals surface area (Å²) in [5.41, 5.74) is 1.26. The average Bonchev–Trinajstić information content (AvgIpc) is 2.52. The van der Waals surface area contributed by atoms with Gasteiger partial charge in [0, 0.05) is 6.07 Å². The molecular formula is C17H10F2N2O. The molecule has 5 heteroatoms. The number of hydrogen-bond acceptors (Lipinski definition) is 3. The highest BCUT2D eigenvalue weighted by atomic mass is 19.1. The van der Waals surface area contributed by atoms with Gasteiger partial charge in [0.15, 0.2) is 11.6 Å². The van der Waals surface area contributed by atoms with Crippen molar-refractivity contribution in [3.8, 4) is 17.9 Å². The summed E-state index contributed by atoms with van der Waals surface area (Å²) in [4.78, 5) is 0.